The van der Waals surface area contributed by atoms with Crippen LogP contribution in [0.4, 0.5) is 11.4 Å². The smallest absolute Gasteiger partial charge is 0.291 e. The molecule has 5 aromatic rings. The number of anilines is 1. The molecule has 0 spiro atoms. The van der Waals surface area contributed by atoms with E-state index in [0.717, 1.165) is 17.5 Å². The van der Waals surface area contributed by atoms with Crippen LogP contribution in [0, 0.1) is 10.1 Å². The van der Waals surface area contributed by atoms with Crippen LogP contribution in [0.5, 0.6) is 0 Å². The number of benzene rings is 3. The summed E-state index contributed by atoms with van der Waals surface area (Å²) in [7, 11) is 0. The lowest BCUT2D eigenvalue weighted by Gasteiger charge is -2.07. The van der Waals surface area contributed by atoms with Gasteiger partial charge in [0.05, 0.1) is 4.92 Å². The van der Waals surface area contributed by atoms with Gasteiger partial charge in [0.25, 0.3) is 11.6 Å². The summed E-state index contributed by atoms with van der Waals surface area (Å²) in [6.07, 6.45) is 1.04. The van der Waals surface area contributed by atoms with Crippen molar-refractivity contribution in [2.75, 3.05) is 5.32 Å². The maximum Gasteiger partial charge on any atom is 0.291 e. The van der Waals surface area contributed by atoms with Gasteiger partial charge in [-0.1, -0.05) is 38.1 Å². The van der Waals surface area contributed by atoms with Crippen LogP contribution < -0.4 is 5.32 Å². The molecule has 0 saturated heterocycles. The van der Waals surface area contributed by atoms with E-state index in [-0.39, 0.29) is 11.4 Å². The number of hydrogen-bond acceptors (Lipinski definition) is 6. The van der Waals surface area contributed by atoms with Crippen molar-refractivity contribution in [2.24, 2.45) is 0 Å². The second-order valence-corrected chi connectivity index (χ2v) is 8.56. The number of non-ortho nitro benzene ring substituents is 1. The fraction of sp³-hybridized carbons (Fsp3) is 0.143. The number of nitro groups is 1. The van der Waals surface area contributed by atoms with Gasteiger partial charge in [-0.3, -0.25) is 14.9 Å². The quantitative estimate of drug-likeness (QED) is 0.191. The Kier molecular flexibility index (Phi) is 6.08. The van der Waals surface area contributed by atoms with E-state index in [4.69, 9.17) is 8.83 Å². The number of hydrogen-bond donors (Lipinski definition) is 1. The van der Waals surface area contributed by atoms with Crippen LogP contribution in [0.25, 0.3) is 33.9 Å². The Bertz CT molecular complexity index is 1580. The molecular weight excluding hydrogens is 458 g/mol. The average molecular weight is 482 g/mol. The minimum atomic E-state index is -0.478. The lowest BCUT2D eigenvalue weighted by molar-refractivity contribution is -0.384. The van der Waals surface area contributed by atoms with Crippen molar-refractivity contribution >= 4 is 28.4 Å². The Morgan fingerprint density at radius 2 is 1.81 bits per heavy atom. The summed E-state index contributed by atoms with van der Waals surface area (Å²) < 4.78 is 11.6. The fourth-order valence-electron chi connectivity index (χ4n) is 3.92. The van der Waals surface area contributed by atoms with Gasteiger partial charge in [0.15, 0.2) is 11.3 Å². The first-order chi connectivity index (χ1) is 17.4. The first-order valence-corrected chi connectivity index (χ1v) is 11.6. The zero-order valence-electron chi connectivity index (χ0n) is 19.7. The minimum absolute atomic E-state index is 0.0537. The third-order valence-corrected chi connectivity index (χ3v) is 6.13. The van der Waals surface area contributed by atoms with Crippen molar-refractivity contribution in [3.8, 4) is 22.8 Å². The number of fused-ring (bicyclic) bond motifs is 1. The molecule has 0 unspecified atom stereocenters. The predicted octanol–water partition coefficient (Wildman–Crippen LogP) is 7.43. The summed E-state index contributed by atoms with van der Waals surface area (Å²) in [5.41, 5.74) is 4.45. The minimum Gasteiger partial charge on any atom is -0.451 e. The van der Waals surface area contributed by atoms with Gasteiger partial charge in [0.2, 0.25) is 5.89 Å². The summed E-state index contributed by atoms with van der Waals surface area (Å²) in [6.45, 7) is 4.33. The Morgan fingerprint density at radius 3 is 2.61 bits per heavy atom. The van der Waals surface area contributed by atoms with Gasteiger partial charge in [-0.25, -0.2) is 4.98 Å². The van der Waals surface area contributed by atoms with Crippen LogP contribution >= 0.6 is 0 Å². The lowest BCUT2D eigenvalue weighted by Crippen LogP contribution is -2.10. The molecule has 0 fully saturated rings. The predicted molar refractivity (Wildman–Crippen MR) is 137 cm³/mol. The van der Waals surface area contributed by atoms with E-state index in [1.165, 1.54) is 23.8 Å². The van der Waals surface area contributed by atoms with Gasteiger partial charge >= 0.3 is 0 Å². The molecule has 0 aliphatic carbocycles. The summed E-state index contributed by atoms with van der Waals surface area (Å²) >= 11 is 0. The van der Waals surface area contributed by atoms with Gasteiger partial charge in [0, 0.05) is 28.9 Å². The molecule has 3 aromatic carbocycles. The number of amides is 1. The fourth-order valence-corrected chi connectivity index (χ4v) is 3.92. The van der Waals surface area contributed by atoms with Crippen LogP contribution in [0.2, 0.25) is 0 Å². The number of nitrogens with zero attached hydrogens (tertiary/aromatic N) is 2. The highest BCUT2D eigenvalue weighted by Gasteiger charge is 2.16. The molecule has 5 rings (SSSR count). The largest absolute Gasteiger partial charge is 0.451 e. The second-order valence-electron chi connectivity index (χ2n) is 8.56. The summed E-state index contributed by atoms with van der Waals surface area (Å²) in [4.78, 5) is 28.0. The van der Waals surface area contributed by atoms with Crippen LogP contribution in [0.3, 0.4) is 0 Å². The number of furan rings is 1. The number of rotatable bonds is 7. The molecule has 2 heterocycles. The molecule has 8 heteroatoms. The molecule has 2 aromatic heterocycles. The summed E-state index contributed by atoms with van der Waals surface area (Å²) in [5, 5.41) is 13.9. The SMILES string of the molecule is CC[C@H](C)c1ccc2oc(-c3cccc(NC(=O)c4ccc(-c5cccc([N+](=O)[O-])c5)o4)c3)nc2c1. The zero-order valence-corrected chi connectivity index (χ0v) is 19.7. The standard InChI is InChI=1S/C28H23N3O5/c1-3-17(2)18-10-11-25-23(16-18)30-28(36-25)20-7-4-8-21(14-20)29-27(32)26-13-12-24(35-26)19-6-5-9-22(15-19)31(33)34/h4-17H,3H2,1-2H3,(H,29,32)/t17-/m0/s1. The molecule has 1 N–H and O–H groups in total. The van der Waals surface area contributed by atoms with Crippen LogP contribution in [0.1, 0.15) is 42.3 Å². The second kappa shape index (κ2) is 9.50. The highest BCUT2D eigenvalue weighted by molar-refractivity contribution is 6.02. The van der Waals surface area contributed by atoms with Crippen LogP contribution in [0.15, 0.2) is 87.7 Å². The highest BCUT2D eigenvalue weighted by atomic mass is 16.6. The average Bonchev–Trinajstić information content (AvgIpc) is 3.56. The van der Waals surface area contributed by atoms with E-state index in [0.29, 0.717) is 34.4 Å². The highest BCUT2D eigenvalue weighted by Crippen LogP contribution is 2.30. The molecule has 180 valence electrons. The van der Waals surface area contributed by atoms with E-state index < -0.39 is 10.8 Å². The van der Waals surface area contributed by atoms with Crippen molar-refractivity contribution in [3.05, 3.63) is 100 Å². The van der Waals surface area contributed by atoms with Crippen molar-refractivity contribution in [3.63, 3.8) is 0 Å². The first-order valence-electron chi connectivity index (χ1n) is 11.6. The van der Waals surface area contributed by atoms with Crippen molar-refractivity contribution in [1.29, 1.82) is 0 Å². The normalized spacial score (nSPS) is 11.9. The Labute approximate surface area is 206 Å². The van der Waals surface area contributed by atoms with Crippen LogP contribution in [-0.2, 0) is 0 Å². The maximum atomic E-state index is 12.8. The van der Waals surface area contributed by atoms with Crippen molar-refractivity contribution in [1.82, 2.24) is 4.98 Å². The number of nitro benzene ring substituents is 1. The van der Waals surface area contributed by atoms with Gasteiger partial charge < -0.3 is 14.2 Å². The van der Waals surface area contributed by atoms with E-state index >= 15 is 0 Å². The third kappa shape index (κ3) is 4.61. The van der Waals surface area contributed by atoms with E-state index in [1.54, 1.807) is 36.4 Å². The van der Waals surface area contributed by atoms with E-state index in [1.807, 2.05) is 12.1 Å². The Hall–Kier alpha value is -4.72. The molecule has 1 amide bonds. The lowest BCUT2D eigenvalue weighted by atomic mass is 9.98. The number of aromatic nitrogens is 1. The summed E-state index contributed by atoms with van der Waals surface area (Å²) in [6, 6.07) is 22.5. The van der Waals surface area contributed by atoms with Gasteiger partial charge in [-0.2, -0.15) is 0 Å². The molecule has 0 bridgehead atoms. The molecule has 0 aliphatic rings. The van der Waals surface area contributed by atoms with Crippen molar-refractivity contribution < 1.29 is 18.6 Å². The van der Waals surface area contributed by atoms with Gasteiger partial charge in [-0.15, -0.1) is 0 Å². The van der Waals surface area contributed by atoms with Gasteiger partial charge in [-0.05, 0) is 60.4 Å². The maximum absolute atomic E-state index is 12.8. The first kappa shape index (κ1) is 23.0. The summed E-state index contributed by atoms with van der Waals surface area (Å²) in [5.74, 6) is 0.905. The molecule has 8 nitrogen and oxygen atoms in total. The van der Waals surface area contributed by atoms with E-state index in [2.05, 4.69) is 36.3 Å². The van der Waals surface area contributed by atoms with Crippen LogP contribution in [-0.4, -0.2) is 15.8 Å². The van der Waals surface area contributed by atoms with Gasteiger partial charge in [0.1, 0.15) is 11.3 Å². The Morgan fingerprint density at radius 1 is 1.00 bits per heavy atom. The third-order valence-electron chi connectivity index (χ3n) is 6.13. The molecule has 0 aliphatic heterocycles. The number of nitrogens with one attached hydrogen (secondary N) is 1. The van der Waals surface area contributed by atoms with Crippen molar-refractivity contribution in [2.45, 2.75) is 26.2 Å². The topological polar surface area (TPSA) is 111 Å². The number of oxazole rings is 1. The molecule has 1 atom stereocenters. The number of carbonyl (C=O) groups is 1. The molecule has 36 heavy (non-hydrogen) atoms. The monoisotopic (exact) mass is 481 g/mol. The zero-order chi connectivity index (χ0) is 25.2. The van der Waals surface area contributed by atoms with E-state index in [9.17, 15) is 14.9 Å². The molecule has 0 radical (unpaired) electrons. The Balaban J connectivity index is 1.35. The molecule has 0 saturated carbocycles. The number of carbonyl (C=O) groups excluding carboxylic acids is 1. The molecular formula is C28H23N3O5.